The molecular formula is C34H40O17. The number of aliphatic hydroxyl groups is 5. The van der Waals surface area contributed by atoms with Crippen LogP contribution in [0.4, 0.5) is 0 Å². The van der Waals surface area contributed by atoms with Gasteiger partial charge in [0.05, 0.1) is 36.2 Å². The number of carbonyl (C=O) groups excluding carboxylic acids is 2. The van der Waals surface area contributed by atoms with Gasteiger partial charge in [-0.15, -0.1) is 0 Å². The van der Waals surface area contributed by atoms with Crippen LogP contribution in [0.3, 0.4) is 0 Å². The number of carbonyl (C=O) groups is 2. The number of hydrogen-bond acceptors (Lipinski definition) is 17. The fraction of sp³-hybridized carbons (Fsp3) is 0.647. The number of ether oxygens (including phenoxy) is 9. The molecule has 0 spiro atoms. The Hall–Kier alpha value is -3.20. The summed E-state index contributed by atoms with van der Waals surface area (Å²) >= 11 is 0. The number of aromatic hydroxyl groups is 1. The molecule has 1 saturated carbocycles. The lowest BCUT2D eigenvalue weighted by Gasteiger charge is -2.57. The van der Waals surface area contributed by atoms with Crippen LogP contribution in [0.5, 0.6) is 17.2 Å². The zero-order valence-electron chi connectivity index (χ0n) is 28.6. The standard InChI is InChI=1S/C34H40O17/c1-12-27(46-13(2)36)30(3)10-18(48-32(12,30)41)47-17-9-16(37)22(38)21-20(17)24(43-4)14-7-8-15-25(19(14)23(21)39)49-33(42)28-26(15)50-34(51-28,29(44-5)45-6)31(33,40)11-35/h7-8,12,16-18,26-29,35,37,39-42H,9-11H2,1-6H3/t12?,16?,17?,18?,26?,27?,28-,30?,31?,32?,33?,34+/m0/s1. The van der Waals surface area contributed by atoms with Crippen LogP contribution in [0.15, 0.2) is 12.1 Å². The molecule has 17 heteroatoms. The van der Waals surface area contributed by atoms with Crippen molar-refractivity contribution in [2.45, 2.75) is 99.7 Å². The lowest BCUT2D eigenvalue weighted by atomic mass is 9.55. The van der Waals surface area contributed by atoms with Crippen LogP contribution in [0.2, 0.25) is 0 Å². The summed E-state index contributed by atoms with van der Waals surface area (Å²) < 4.78 is 52.6. The Bertz CT molecular complexity index is 1850. The van der Waals surface area contributed by atoms with Gasteiger partial charge in [0.15, 0.2) is 24.0 Å². The molecule has 0 amide bonds. The molecule has 2 bridgehead atoms. The number of aliphatic hydroxyl groups excluding tert-OH is 2. The topological polar surface area (TPSA) is 239 Å². The van der Waals surface area contributed by atoms with Crippen LogP contribution in [0.1, 0.15) is 67.3 Å². The Kier molecular flexibility index (Phi) is 7.47. The van der Waals surface area contributed by atoms with E-state index < -0.39 is 102 Å². The van der Waals surface area contributed by atoms with Crippen molar-refractivity contribution < 1.29 is 82.9 Å². The van der Waals surface area contributed by atoms with E-state index in [1.165, 1.54) is 28.3 Å². The normalized spacial score (nSPS) is 43.1. The van der Waals surface area contributed by atoms with Crippen LogP contribution < -0.4 is 9.47 Å². The first-order valence-corrected chi connectivity index (χ1v) is 16.5. The maximum absolute atomic E-state index is 13.7. The summed E-state index contributed by atoms with van der Waals surface area (Å²) in [5.41, 5.74) is -3.73. The van der Waals surface area contributed by atoms with E-state index in [0.29, 0.717) is 0 Å². The SMILES string of the molecule is COc1c2c(c(O)c3c4c(ccc13)C1O[C@]3(C(OC)OC)O[C@@H]1C(O)(O4)C3(O)CO)C(=O)C(O)CC2OC1CC2(C)C(OC(C)=O)C(C)C2(O)O1. The lowest BCUT2D eigenvalue weighted by molar-refractivity contribution is -0.399. The predicted molar refractivity (Wildman–Crippen MR) is 165 cm³/mol. The average molecular weight is 721 g/mol. The molecule has 0 radical (unpaired) electrons. The molecular weight excluding hydrogens is 680 g/mol. The van der Waals surface area contributed by atoms with Gasteiger partial charge in [-0.05, 0) is 6.07 Å². The van der Waals surface area contributed by atoms with E-state index in [0.717, 1.165) is 0 Å². The lowest BCUT2D eigenvalue weighted by Crippen LogP contribution is -2.76. The number of Topliss-reactive ketones (excluding diaryl/α,β-unsaturated/α-hetero) is 1. The van der Waals surface area contributed by atoms with Gasteiger partial charge in [0.2, 0.25) is 11.9 Å². The molecule has 2 aliphatic carbocycles. The third-order valence-electron chi connectivity index (χ3n) is 11.9. The molecule has 2 aromatic carbocycles. The quantitative estimate of drug-likeness (QED) is 0.157. The molecule has 12 atom stereocenters. The minimum absolute atomic E-state index is 0.0587. The Morgan fingerprint density at radius 2 is 1.78 bits per heavy atom. The van der Waals surface area contributed by atoms with Gasteiger partial charge in [0, 0.05) is 56.4 Å². The Labute approximate surface area is 290 Å². The predicted octanol–water partition coefficient (Wildman–Crippen LogP) is 0.171. The Morgan fingerprint density at radius 3 is 2.41 bits per heavy atom. The minimum Gasteiger partial charge on any atom is -0.506 e. The molecule has 51 heavy (non-hydrogen) atoms. The van der Waals surface area contributed by atoms with Crippen molar-refractivity contribution in [2.24, 2.45) is 11.3 Å². The molecule has 0 aromatic heterocycles. The Morgan fingerprint density at radius 1 is 1.08 bits per heavy atom. The fourth-order valence-electron chi connectivity index (χ4n) is 9.46. The molecule has 2 aromatic rings. The largest absolute Gasteiger partial charge is 0.506 e. The second-order valence-electron chi connectivity index (χ2n) is 14.4. The van der Waals surface area contributed by atoms with Gasteiger partial charge in [-0.3, -0.25) is 9.59 Å². The van der Waals surface area contributed by atoms with E-state index in [2.05, 4.69) is 0 Å². The number of phenolic OH excluding ortho intramolecular Hbond substituents is 1. The summed E-state index contributed by atoms with van der Waals surface area (Å²) in [4.78, 5) is 25.5. The van der Waals surface area contributed by atoms with Crippen molar-refractivity contribution in [3.8, 4) is 17.2 Å². The highest BCUT2D eigenvalue weighted by atomic mass is 16.9. The van der Waals surface area contributed by atoms with Crippen molar-refractivity contribution in [2.75, 3.05) is 27.9 Å². The van der Waals surface area contributed by atoms with Crippen molar-refractivity contribution in [1.82, 2.24) is 0 Å². The smallest absolute Gasteiger partial charge is 0.302 e. The molecule has 4 heterocycles. The molecule has 10 unspecified atom stereocenters. The maximum Gasteiger partial charge on any atom is 0.302 e. The van der Waals surface area contributed by atoms with Gasteiger partial charge < -0.3 is 73.3 Å². The highest BCUT2D eigenvalue weighted by Gasteiger charge is 2.86. The number of rotatable bonds is 8. The molecule has 278 valence electrons. The van der Waals surface area contributed by atoms with Gasteiger partial charge in [0.1, 0.15) is 35.6 Å². The zero-order valence-corrected chi connectivity index (χ0v) is 28.6. The van der Waals surface area contributed by atoms with Crippen LogP contribution >= 0.6 is 0 Å². The molecule has 6 aliphatic rings. The summed E-state index contributed by atoms with van der Waals surface area (Å²) in [6, 6.07) is 3.14. The third-order valence-corrected chi connectivity index (χ3v) is 11.9. The molecule has 8 rings (SSSR count). The number of fused-ring (bicyclic) bond motifs is 7. The number of hydrogen-bond donors (Lipinski definition) is 6. The first-order valence-electron chi connectivity index (χ1n) is 16.5. The van der Waals surface area contributed by atoms with E-state index >= 15 is 0 Å². The van der Waals surface area contributed by atoms with Crippen LogP contribution in [-0.2, 0) is 38.0 Å². The molecule has 6 N–H and O–H groups in total. The number of methoxy groups -OCH3 is 3. The number of phenols is 1. The van der Waals surface area contributed by atoms with E-state index in [1.807, 2.05) is 0 Å². The van der Waals surface area contributed by atoms with Gasteiger partial charge in [-0.2, -0.15) is 0 Å². The monoisotopic (exact) mass is 720 g/mol. The van der Waals surface area contributed by atoms with E-state index in [9.17, 15) is 40.2 Å². The summed E-state index contributed by atoms with van der Waals surface area (Å²) in [6.45, 7) is 3.54. The second kappa shape index (κ2) is 10.9. The van der Waals surface area contributed by atoms with Crippen LogP contribution in [0.25, 0.3) is 10.8 Å². The van der Waals surface area contributed by atoms with Crippen molar-refractivity contribution in [3.05, 3.63) is 28.8 Å². The number of benzene rings is 2. The van der Waals surface area contributed by atoms with Gasteiger partial charge in [-0.25, -0.2) is 0 Å². The summed E-state index contributed by atoms with van der Waals surface area (Å²) in [5, 5.41) is 68.7. The molecule has 4 fully saturated rings. The maximum atomic E-state index is 13.7. The summed E-state index contributed by atoms with van der Waals surface area (Å²) in [5.74, 6) is -9.38. The highest BCUT2D eigenvalue weighted by molar-refractivity contribution is 6.13. The van der Waals surface area contributed by atoms with E-state index in [1.54, 1.807) is 26.0 Å². The van der Waals surface area contributed by atoms with Gasteiger partial charge in [-0.1, -0.05) is 19.9 Å². The molecule has 4 aliphatic heterocycles. The second-order valence-corrected chi connectivity index (χ2v) is 14.4. The fourth-order valence-corrected chi connectivity index (χ4v) is 9.46. The van der Waals surface area contributed by atoms with Crippen molar-refractivity contribution in [1.29, 1.82) is 0 Å². The number of esters is 1. The zero-order chi connectivity index (χ0) is 36.8. The van der Waals surface area contributed by atoms with Crippen LogP contribution in [0, 0.1) is 11.3 Å². The van der Waals surface area contributed by atoms with Gasteiger partial charge in [0.25, 0.3) is 11.6 Å². The highest BCUT2D eigenvalue weighted by Crippen LogP contribution is 2.67. The summed E-state index contributed by atoms with van der Waals surface area (Å²) in [6.07, 6.45) is -8.65. The van der Waals surface area contributed by atoms with E-state index in [-0.39, 0.29) is 51.8 Å². The summed E-state index contributed by atoms with van der Waals surface area (Å²) in [7, 11) is 3.84. The van der Waals surface area contributed by atoms with Crippen molar-refractivity contribution in [3.63, 3.8) is 0 Å². The number of ketones is 1. The van der Waals surface area contributed by atoms with Gasteiger partial charge >= 0.3 is 5.97 Å². The first-order chi connectivity index (χ1) is 24.0. The Balaban J connectivity index is 1.24. The van der Waals surface area contributed by atoms with Crippen molar-refractivity contribution >= 4 is 22.5 Å². The minimum atomic E-state index is -2.69. The van der Waals surface area contributed by atoms with Crippen LogP contribution in [-0.4, -0.2) is 124 Å². The first kappa shape index (κ1) is 34.9. The molecule has 17 nitrogen and oxygen atoms in total. The average Bonchev–Trinajstić information content (AvgIpc) is 3.67. The molecule has 3 saturated heterocycles. The van der Waals surface area contributed by atoms with E-state index in [4.69, 9.17) is 42.6 Å². The third kappa shape index (κ3) is 3.92.